The number of hydrogen-bond acceptors (Lipinski definition) is 2. The minimum absolute atomic E-state index is 0.00467. The standard InChI is InChI=1S/C14H18F2N2O/c1-9(2)6-14(19,13(15)16)7-11-5-10-8-17-4-3-12(10)18-11/h3-5,8-9,13,18-19H,6-7H2,1-2H3. The molecule has 2 heterocycles. The van der Waals surface area contributed by atoms with Gasteiger partial charge in [0, 0.05) is 35.4 Å². The maximum absolute atomic E-state index is 13.1. The maximum Gasteiger partial charge on any atom is 0.267 e. The lowest BCUT2D eigenvalue weighted by Crippen LogP contribution is -2.41. The molecule has 2 aromatic rings. The summed E-state index contributed by atoms with van der Waals surface area (Å²) < 4.78 is 26.2. The van der Waals surface area contributed by atoms with Gasteiger partial charge in [0.15, 0.2) is 0 Å². The van der Waals surface area contributed by atoms with Gasteiger partial charge in [-0.1, -0.05) is 13.8 Å². The van der Waals surface area contributed by atoms with Gasteiger partial charge in [-0.15, -0.1) is 0 Å². The third-order valence-corrected chi connectivity index (χ3v) is 3.14. The first-order valence-electron chi connectivity index (χ1n) is 6.33. The Bertz CT molecular complexity index is 520. The van der Waals surface area contributed by atoms with E-state index in [-0.39, 0.29) is 18.8 Å². The number of aromatic nitrogens is 2. The molecular formula is C14H18F2N2O. The Kier molecular flexibility index (Phi) is 3.85. The van der Waals surface area contributed by atoms with Crippen LogP contribution in [-0.4, -0.2) is 27.1 Å². The van der Waals surface area contributed by atoms with Crippen LogP contribution in [0.1, 0.15) is 26.0 Å². The van der Waals surface area contributed by atoms with Crippen LogP contribution in [0.2, 0.25) is 0 Å². The van der Waals surface area contributed by atoms with Crippen LogP contribution in [0, 0.1) is 5.92 Å². The van der Waals surface area contributed by atoms with E-state index < -0.39 is 12.0 Å². The van der Waals surface area contributed by atoms with Crippen molar-refractivity contribution in [2.75, 3.05) is 0 Å². The van der Waals surface area contributed by atoms with Crippen molar-refractivity contribution in [3.8, 4) is 0 Å². The second-order valence-corrected chi connectivity index (χ2v) is 5.44. The number of halogens is 2. The number of H-pyrrole nitrogens is 1. The largest absolute Gasteiger partial charge is 0.384 e. The summed E-state index contributed by atoms with van der Waals surface area (Å²) in [5.41, 5.74) is -0.541. The van der Waals surface area contributed by atoms with Crippen molar-refractivity contribution in [2.45, 2.75) is 38.7 Å². The predicted molar refractivity (Wildman–Crippen MR) is 70.2 cm³/mol. The van der Waals surface area contributed by atoms with E-state index in [9.17, 15) is 13.9 Å². The van der Waals surface area contributed by atoms with Gasteiger partial charge in [0.1, 0.15) is 5.60 Å². The molecule has 19 heavy (non-hydrogen) atoms. The van der Waals surface area contributed by atoms with E-state index in [0.717, 1.165) is 10.9 Å². The van der Waals surface area contributed by atoms with Crippen LogP contribution < -0.4 is 0 Å². The summed E-state index contributed by atoms with van der Waals surface area (Å²) in [6, 6.07) is 3.54. The molecular weight excluding hydrogens is 250 g/mol. The molecule has 0 saturated heterocycles. The normalized spacial score (nSPS) is 15.3. The highest BCUT2D eigenvalue weighted by atomic mass is 19.3. The second-order valence-electron chi connectivity index (χ2n) is 5.44. The molecule has 0 spiro atoms. The molecule has 0 radical (unpaired) electrons. The first-order chi connectivity index (χ1) is 8.90. The molecule has 1 unspecified atom stereocenters. The van der Waals surface area contributed by atoms with Gasteiger partial charge in [0.05, 0.1) is 0 Å². The molecule has 0 aromatic carbocycles. The predicted octanol–water partition coefficient (Wildman–Crippen LogP) is 3.15. The van der Waals surface area contributed by atoms with Gasteiger partial charge in [-0.25, -0.2) is 8.78 Å². The Balaban J connectivity index is 2.25. The summed E-state index contributed by atoms with van der Waals surface area (Å²) in [6.45, 7) is 3.64. The molecule has 0 aliphatic heterocycles. The van der Waals surface area contributed by atoms with Crippen molar-refractivity contribution in [3.63, 3.8) is 0 Å². The van der Waals surface area contributed by atoms with E-state index in [1.54, 1.807) is 24.5 Å². The van der Waals surface area contributed by atoms with Crippen LogP contribution in [0.25, 0.3) is 10.9 Å². The monoisotopic (exact) mass is 268 g/mol. The number of aliphatic hydroxyl groups is 1. The van der Waals surface area contributed by atoms with Crippen molar-refractivity contribution in [2.24, 2.45) is 5.92 Å². The second kappa shape index (κ2) is 5.25. The third-order valence-electron chi connectivity index (χ3n) is 3.14. The first-order valence-corrected chi connectivity index (χ1v) is 6.33. The number of alkyl halides is 2. The molecule has 0 saturated carbocycles. The molecule has 3 nitrogen and oxygen atoms in total. The Morgan fingerprint density at radius 2 is 2.16 bits per heavy atom. The smallest absolute Gasteiger partial charge is 0.267 e. The van der Waals surface area contributed by atoms with Crippen molar-refractivity contribution in [3.05, 3.63) is 30.2 Å². The maximum atomic E-state index is 13.1. The van der Waals surface area contributed by atoms with E-state index in [1.165, 1.54) is 0 Å². The van der Waals surface area contributed by atoms with Crippen molar-refractivity contribution in [1.29, 1.82) is 0 Å². The fourth-order valence-corrected chi connectivity index (χ4v) is 2.40. The molecule has 2 N–H and O–H groups in total. The molecule has 5 heteroatoms. The number of pyridine rings is 1. The van der Waals surface area contributed by atoms with Crippen LogP contribution in [0.3, 0.4) is 0 Å². The van der Waals surface area contributed by atoms with Crippen LogP contribution >= 0.6 is 0 Å². The van der Waals surface area contributed by atoms with Gasteiger partial charge in [0.25, 0.3) is 6.43 Å². The molecule has 0 fully saturated rings. The lowest BCUT2D eigenvalue weighted by atomic mass is 9.88. The van der Waals surface area contributed by atoms with Gasteiger partial charge in [-0.2, -0.15) is 0 Å². The SMILES string of the molecule is CC(C)CC(O)(Cc1cc2cnccc2[nH]1)C(F)F. The van der Waals surface area contributed by atoms with E-state index >= 15 is 0 Å². The number of nitrogens with one attached hydrogen (secondary N) is 1. The number of fused-ring (bicyclic) bond motifs is 1. The quantitative estimate of drug-likeness (QED) is 0.875. The zero-order valence-electron chi connectivity index (χ0n) is 11.0. The van der Waals surface area contributed by atoms with Crippen molar-refractivity contribution < 1.29 is 13.9 Å². The lowest BCUT2D eigenvalue weighted by Gasteiger charge is -2.28. The zero-order valence-corrected chi connectivity index (χ0v) is 11.0. The van der Waals surface area contributed by atoms with Crippen LogP contribution in [0.15, 0.2) is 24.5 Å². The summed E-state index contributed by atoms with van der Waals surface area (Å²) in [5.74, 6) is 0.00467. The van der Waals surface area contributed by atoms with Crippen molar-refractivity contribution in [1.82, 2.24) is 9.97 Å². The fraction of sp³-hybridized carbons (Fsp3) is 0.500. The molecule has 2 aromatic heterocycles. The minimum Gasteiger partial charge on any atom is -0.384 e. The van der Waals surface area contributed by atoms with E-state index in [0.29, 0.717) is 5.69 Å². The Labute approximate surface area is 110 Å². The Hall–Kier alpha value is -1.49. The molecule has 1 atom stereocenters. The van der Waals surface area contributed by atoms with E-state index in [4.69, 9.17) is 0 Å². The highest BCUT2D eigenvalue weighted by Crippen LogP contribution is 2.29. The highest BCUT2D eigenvalue weighted by Gasteiger charge is 2.38. The van der Waals surface area contributed by atoms with Gasteiger partial charge in [-0.05, 0) is 24.5 Å². The van der Waals surface area contributed by atoms with E-state index in [1.807, 2.05) is 13.8 Å². The average molecular weight is 268 g/mol. The van der Waals surface area contributed by atoms with Crippen LogP contribution in [-0.2, 0) is 6.42 Å². The molecule has 2 rings (SSSR count). The molecule has 0 aliphatic rings. The van der Waals surface area contributed by atoms with E-state index in [2.05, 4.69) is 9.97 Å². The lowest BCUT2D eigenvalue weighted by molar-refractivity contribution is -0.107. The average Bonchev–Trinajstić information content (AvgIpc) is 2.69. The number of rotatable bonds is 5. The number of aromatic amines is 1. The topological polar surface area (TPSA) is 48.9 Å². The molecule has 0 aliphatic carbocycles. The number of nitrogens with zero attached hydrogens (tertiary/aromatic N) is 1. The molecule has 0 amide bonds. The summed E-state index contributed by atoms with van der Waals surface area (Å²) >= 11 is 0. The minimum atomic E-state index is -2.76. The van der Waals surface area contributed by atoms with Crippen LogP contribution in [0.4, 0.5) is 8.78 Å². The summed E-state index contributed by atoms with van der Waals surface area (Å²) in [6.07, 6.45) is 0.518. The highest BCUT2D eigenvalue weighted by molar-refractivity contribution is 5.79. The first kappa shape index (κ1) is 13.9. The Morgan fingerprint density at radius 3 is 2.74 bits per heavy atom. The molecule has 0 bridgehead atoms. The van der Waals surface area contributed by atoms with Gasteiger partial charge in [0.2, 0.25) is 0 Å². The fourth-order valence-electron chi connectivity index (χ4n) is 2.40. The Morgan fingerprint density at radius 1 is 1.42 bits per heavy atom. The summed E-state index contributed by atoms with van der Waals surface area (Å²) in [5, 5.41) is 11.0. The van der Waals surface area contributed by atoms with Gasteiger partial charge >= 0.3 is 0 Å². The zero-order chi connectivity index (χ0) is 14.0. The van der Waals surface area contributed by atoms with Gasteiger partial charge < -0.3 is 10.1 Å². The third kappa shape index (κ3) is 3.10. The molecule has 104 valence electrons. The van der Waals surface area contributed by atoms with Gasteiger partial charge in [-0.3, -0.25) is 4.98 Å². The van der Waals surface area contributed by atoms with Crippen LogP contribution in [0.5, 0.6) is 0 Å². The van der Waals surface area contributed by atoms with Crippen molar-refractivity contribution >= 4 is 10.9 Å². The summed E-state index contributed by atoms with van der Waals surface area (Å²) in [4.78, 5) is 7.02. The number of hydrogen-bond donors (Lipinski definition) is 2. The summed E-state index contributed by atoms with van der Waals surface area (Å²) in [7, 11) is 0.